The maximum atomic E-state index is 12.3. The molecule has 21 heavy (non-hydrogen) atoms. The first-order chi connectivity index (χ1) is 10.2. The number of anilines is 1. The Balaban J connectivity index is 1.76. The highest BCUT2D eigenvalue weighted by Crippen LogP contribution is 2.42. The van der Waals surface area contributed by atoms with Gasteiger partial charge in [0.15, 0.2) is 5.69 Å². The lowest BCUT2D eigenvalue weighted by atomic mass is 10.1. The molecule has 6 heteroatoms. The molecule has 1 aromatic heterocycles. The lowest BCUT2D eigenvalue weighted by Crippen LogP contribution is -2.31. The van der Waals surface area contributed by atoms with Crippen LogP contribution in [0.1, 0.15) is 46.5 Å². The van der Waals surface area contributed by atoms with Crippen LogP contribution in [0.2, 0.25) is 0 Å². The molecule has 3 rings (SSSR count). The van der Waals surface area contributed by atoms with E-state index in [0.29, 0.717) is 11.6 Å². The Labute approximate surface area is 122 Å². The van der Waals surface area contributed by atoms with Gasteiger partial charge in [0.1, 0.15) is 0 Å². The third-order valence-corrected chi connectivity index (χ3v) is 3.72. The van der Waals surface area contributed by atoms with Crippen molar-refractivity contribution in [3.63, 3.8) is 0 Å². The third kappa shape index (κ3) is 2.75. The molecule has 6 nitrogen and oxygen atoms in total. The largest absolute Gasteiger partial charge is 0.395 e. The number of benzene rings is 1. The second kappa shape index (κ2) is 5.57. The van der Waals surface area contributed by atoms with Crippen molar-refractivity contribution in [1.82, 2.24) is 15.5 Å². The number of nitrogen functional groups attached to an aromatic ring is 1. The number of hydrogen-bond acceptors (Lipinski definition) is 4. The number of aliphatic hydroxyl groups excluding tert-OH is 1. The summed E-state index contributed by atoms with van der Waals surface area (Å²) in [5.74, 6) is 0.0281. The highest BCUT2D eigenvalue weighted by atomic mass is 16.3. The zero-order valence-corrected chi connectivity index (χ0v) is 11.5. The number of nitrogens with zero attached hydrogens (tertiary/aromatic N) is 1. The predicted molar refractivity (Wildman–Crippen MR) is 78.7 cm³/mol. The molecule has 0 radical (unpaired) electrons. The maximum Gasteiger partial charge on any atom is 0.274 e. The molecule has 0 unspecified atom stereocenters. The van der Waals surface area contributed by atoms with Gasteiger partial charge in [0, 0.05) is 5.92 Å². The van der Waals surface area contributed by atoms with Gasteiger partial charge in [-0.15, -0.1) is 0 Å². The van der Waals surface area contributed by atoms with E-state index in [1.807, 2.05) is 30.3 Å². The average Bonchev–Trinajstić information content (AvgIpc) is 3.28. The molecule has 5 N–H and O–H groups in total. The second-order valence-electron chi connectivity index (χ2n) is 5.29. The van der Waals surface area contributed by atoms with E-state index in [-0.39, 0.29) is 18.2 Å². The van der Waals surface area contributed by atoms with Crippen LogP contribution in [0.25, 0.3) is 0 Å². The van der Waals surface area contributed by atoms with Gasteiger partial charge in [0.05, 0.1) is 24.0 Å². The van der Waals surface area contributed by atoms with E-state index in [9.17, 15) is 9.90 Å². The molecule has 0 bridgehead atoms. The number of nitrogens with one attached hydrogen (secondary N) is 2. The second-order valence-corrected chi connectivity index (χ2v) is 5.29. The molecule has 1 aliphatic carbocycles. The first-order valence-corrected chi connectivity index (χ1v) is 7.01. The normalized spacial score (nSPS) is 15.7. The van der Waals surface area contributed by atoms with Crippen molar-refractivity contribution in [2.24, 2.45) is 0 Å². The zero-order valence-electron chi connectivity index (χ0n) is 11.5. The first-order valence-electron chi connectivity index (χ1n) is 7.01. The van der Waals surface area contributed by atoms with Gasteiger partial charge in [-0.1, -0.05) is 30.3 Å². The fourth-order valence-corrected chi connectivity index (χ4v) is 2.37. The lowest BCUT2D eigenvalue weighted by molar-refractivity contribution is 0.0912. The summed E-state index contributed by atoms with van der Waals surface area (Å²) < 4.78 is 0. The maximum absolute atomic E-state index is 12.3. The topological polar surface area (TPSA) is 104 Å². The molecule has 2 aromatic rings. The minimum absolute atomic E-state index is 0.185. The number of amides is 1. The monoisotopic (exact) mass is 286 g/mol. The Morgan fingerprint density at radius 2 is 2.14 bits per heavy atom. The Kier molecular flexibility index (Phi) is 3.62. The number of aromatic amines is 1. The summed E-state index contributed by atoms with van der Waals surface area (Å²) in [7, 11) is 0. The minimum atomic E-state index is -0.473. The number of hydrogen-bond donors (Lipinski definition) is 4. The van der Waals surface area contributed by atoms with E-state index in [2.05, 4.69) is 15.5 Å². The van der Waals surface area contributed by atoms with Crippen molar-refractivity contribution in [3.05, 3.63) is 47.3 Å². The van der Waals surface area contributed by atoms with Crippen molar-refractivity contribution >= 4 is 11.6 Å². The zero-order chi connectivity index (χ0) is 14.8. The van der Waals surface area contributed by atoms with Crippen molar-refractivity contribution in [3.8, 4) is 0 Å². The third-order valence-electron chi connectivity index (χ3n) is 3.72. The van der Waals surface area contributed by atoms with E-state index < -0.39 is 6.04 Å². The van der Waals surface area contributed by atoms with Gasteiger partial charge in [-0.25, -0.2) is 0 Å². The summed E-state index contributed by atoms with van der Waals surface area (Å²) in [6.07, 6.45) is 2.16. The molecule has 1 heterocycles. The van der Waals surface area contributed by atoms with Gasteiger partial charge in [-0.05, 0) is 18.4 Å². The van der Waals surface area contributed by atoms with Crippen LogP contribution < -0.4 is 11.1 Å². The fourth-order valence-electron chi connectivity index (χ4n) is 2.37. The van der Waals surface area contributed by atoms with Crippen molar-refractivity contribution in [2.45, 2.75) is 24.8 Å². The smallest absolute Gasteiger partial charge is 0.274 e. The Morgan fingerprint density at radius 3 is 2.76 bits per heavy atom. The molecule has 0 aliphatic heterocycles. The molecule has 1 fully saturated rings. The van der Waals surface area contributed by atoms with E-state index in [4.69, 9.17) is 5.73 Å². The number of aromatic nitrogens is 2. The molecular weight excluding hydrogens is 268 g/mol. The number of nitrogens with two attached hydrogens (primary N) is 1. The Hall–Kier alpha value is -2.34. The summed E-state index contributed by atoms with van der Waals surface area (Å²) in [5, 5.41) is 19.1. The first kappa shape index (κ1) is 13.6. The fraction of sp³-hybridized carbons (Fsp3) is 0.333. The van der Waals surface area contributed by atoms with Crippen LogP contribution in [0.3, 0.4) is 0 Å². The highest BCUT2D eigenvalue weighted by Gasteiger charge is 2.30. The van der Waals surface area contributed by atoms with Crippen LogP contribution in [0.15, 0.2) is 30.3 Å². The van der Waals surface area contributed by atoms with Gasteiger partial charge in [-0.3, -0.25) is 9.89 Å². The molecule has 1 aliphatic rings. The van der Waals surface area contributed by atoms with E-state index in [0.717, 1.165) is 24.1 Å². The number of H-pyrrole nitrogens is 1. The van der Waals surface area contributed by atoms with Crippen molar-refractivity contribution in [2.75, 3.05) is 12.3 Å². The summed E-state index contributed by atoms with van der Waals surface area (Å²) >= 11 is 0. The molecule has 1 amide bonds. The molecule has 1 atom stereocenters. The van der Waals surface area contributed by atoms with Crippen LogP contribution in [0.4, 0.5) is 5.69 Å². The molecule has 1 saturated carbocycles. The summed E-state index contributed by atoms with van der Waals surface area (Å²) in [6, 6.07) is 8.83. The summed E-state index contributed by atoms with van der Waals surface area (Å²) in [6.45, 7) is -0.185. The Bertz CT molecular complexity index is 634. The molecular formula is C15H18N4O2. The van der Waals surface area contributed by atoms with Crippen LogP contribution in [-0.4, -0.2) is 27.8 Å². The Morgan fingerprint density at radius 1 is 1.43 bits per heavy atom. The predicted octanol–water partition coefficient (Wildman–Crippen LogP) is 1.33. The minimum Gasteiger partial charge on any atom is -0.395 e. The molecule has 0 saturated heterocycles. The quantitative estimate of drug-likeness (QED) is 0.665. The molecule has 110 valence electrons. The van der Waals surface area contributed by atoms with Crippen LogP contribution in [-0.2, 0) is 0 Å². The van der Waals surface area contributed by atoms with Gasteiger partial charge in [-0.2, -0.15) is 5.10 Å². The molecule has 0 spiro atoms. The van der Waals surface area contributed by atoms with Crippen LogP contribution in [0.5, 0.6) is 0 Å². The summed E-state index contributed by atoms with van der Waals surface area (Å²) in [4.78, 5) is 12.3. The van der Waals surface area contributed by atoms with Crippen molar-refractivity contribution < 1.29 is 9.90 Å². The van der Waals surface area contributed by atoms with E-state index in [1.54, 1.807) is 0 Å². The van der Waals surface area contributed by atoms with E-state index >= 15 is 0 Å². The SMILES string of the molecule is Nc1c(C(=O)N[C@@H](CO)c2ccccc2)n[nH]c1C1CC1. The van der Waals surface area contributed by atoms with E-state index in [1.165, 1.54) is 0 Å². The lowest BCUT2D eigenvalue weighted by Gasteiger charge is -2.16. The number of carbonyl (C=O) groups excluding carboxylic acids is 1. The molecule has 1 aromatic carbocycles. The number of aliphatic hydroxyl groups is 1. The van der Waals surface area contributed by atoms with Crippen LogP contribution in [0, 0.1) is 0 Å². The van der Waals surface area contributed by atoms with Crippen LogP contribution >= 0.6 is 0 Å². The number of rotatable bonds is 5. The summed E-state index contributed by atoms with van der Waals surface area (Å²) in [5.41, 5.74) is 8.29. The van der Waals surface area contributed by atoms with Gasteiger partial charge in [0.25, 0.3) is 5.91 Å². The van der Waals surface area contributed by atoms with Gasteiger partial charge >= 0.3 is 0 Å². The number of carbonyl (C=O) groups is 1. The average molecular weight is 286 g/mol. The van der Waals surface area contributed by atoms with Gasteiger partial charge in [0.2, 0.25) is 0 Å². The highest BCUT2D eigenvalue weighted by molar-refractivity contribution is 5.98. The van der Waals surface area contributed by atoms with Gasteiger partial charge < -0.3 is 16.2 Å². The van der Waals surface area contributed by atoms with Crippen molar-refractivity contribution in [1.29, 1.82) is 0 Å². The standard InChI is InChI=1S/C15H18N4O2/c16-12-13(10-6-7-10)18-19-14(12)15(21)17-11(8-20)9-4-2-1-3-5-9/h1-5,10-11,20H,6-8,16H2,(H,17,21)(H,18,19)/t11-/m0/s1.